The second-order valence-electron chi connectivity index (χ2n) is 6.94. The summed E-state index contributed by atoms with van der Waals surface area (Å²) in [6, 6.07) is 15.6. The van der Waals surface area contributed by atoms with Gasteiger partial charge in [0.25, 0.3) is 0 Å². The molecule has 1 heterocycles. The molecule has 0 spiro atoms. The van der Waals surface area contributed by atoms with Gasteiger partial charge in [-0.25, -0.2) is 0 Å². The number of aromatic nitrogens is 1. The lowest BCUT2D eigenvalue weighted by Crippen LogP contribution is -2.20. The molecular formula is C23H21NO3. The first-order chi connectivity index (χ1) is 13.1. The summed E-state index contributed by atoms with van der Waals surface area (Å²) in [5.41, 5.74) is 7.08. The molecule has 4 heteroatoms. The molecule has 4 rings (SSSR count). The fraction of sp³-hybridized carbons (Fsp3) is 0.217. The summed E-state index contributed by atoms with van der Waals surface area (Å²) < 4.78 is 5.36. The molecule has 1 N–H and O–H groups in total. The van der Waals surface area contributed by atoms with E-state index in [0.29, 0.717) is 6.61 Å². The zero-order valence-corrected chi connectivity index (χ0v) is 15.4. The van der Waals surface area contributed by atoms with Crippen molar-refractivity contribution >= 4 is 5.97 Å². The minimum Gasteiger partial charge on any atom is -0.507 e. The molecule has 0 amide bonds. The fourth-order valence-electron chi connectivity index (χ4n) is 4.03. The number of carbonyl (C=O) groups is 1. The van der Waals surface area contributed by atoms with Crippen LogP contribution in [-0.4, -0.2) is 22.7 Å². The van der Waals surface area contributed by atoms with E-state index in [9.17, 15) is 9.90 Å². The molecule has 27 heavy (non-hydrogen) atoms. The van der Waals surface area contributed by atoms with Crippen LogP contribution in [0, 0.1) is 6.92 Å². The Kier molecular flexibility index (Phi) is 4.40. The van der Waals surface area contributed by atoms with Crippen molar-refractivity contribution in [2.75, 3.05) is 6.61 Å². The van der Waals surface area contributed by atoms with E-state index in [0.717, 1.165) is 45.5 Å². The smallest absolute Gasteiger partial charge is 0.302 e. The van der Waals surface area contributed by atoms with Crippen LogP contribution < -0.4 is 0 Å². The monoisotopic (exact) mass is 359 g/mol. The van der Waals surface area contributed by atoms with Crippen molar-refractivity contribution in [2.24, 2.45) is 0 Å². The van der Waals surface area contributed by atoms with Crippen LogP contribution in [0.5, 0.6) is 5.75 Å². The number of benzene rings is 2. The molecule has 0 saturated heterocycles. The maximum Gasteiger partial charge on any atom is 0.302 e. The van der Waals surface area contributed by atoms with Gasteiger partial charge in [0.2, 0.25) is 0 Å². The van der Waals surface area contributed by atoms with Gasteiger partial charge in [-0.1, -0.05) is 30.3 Å². The predicted molar refractivity (Wildman–Crippen MR) is 105 cm³/mol. The molecule has 0 saturated carbocycles. The molecule has 1 aliphatic rings. The summed E-state index contributed by atoms with van der Waals surface area (Å²) in [4.78, 5) is 15.9. The quantitative estimate of drug-likeness (QED) is 0.693. The Balaban J connectivity index is 1.93. The summed E-state index contributed by atoms with van der Waals surface area (Å²) in [6.07, 6.45) is 2.51. The van der Waals surface area contributed by atoms with Crippen molar-refractivity contribution in [3.05, 3.63) is 71.4 Å². The number of nitrogens with zero attached hydrogens (tertiary/aromatic N) is 1. The number of rotatable bonds is 3. The van der Waals surface area contributed by atoms with Crippen molar-refractivity contribution in [3.8, 4) is 28.1 Å². The number of hydrogen-bond donors (Lipinski definition) is 1. The zero-order chi connectivity index (χ0) is 19.0. The molecule has 4 nitrogen and oxygen atoms in total. The second kappa shape index (κ2) is 6.88. The van der Waals surface area contributed by atoms with E-state index in [1.165, 1.54) is 6.92 Å². The maximum absolute atomic E-state index is 11.4. The average Bonchev–Trinajstić information content (AvgIpc) is 2.68. The lowest BCUT2D eigenvalue weighted by Gasteiger charge is -2.31. The molecular weight excluding hydrogens is 338 g/mol. The third-order valence-electron chi connectivity index (χ3n) is 5.17. The molecule has 2 aromatic carbocycles. The summed E-state index contributed by atoms with van der Waals surface area (Å²) in [7, 11) is 0. The van der Waals surface area contributed by atoms with E-state index in [2.05, 4.69) is 11.1 Å². The van der Waals surface area contributed by atoms with Crippen LogP contribution >= 0.6 is 0 Å². The van der Waals surface area contributed by atoms with Crippen LogP contribution in [0.4, 0.5) is 0 Å². The van der Waals surface area contributed by atoms with Gasteiger partial charge < -0.3 is 9.84 Å². The number of aryl methyl sites for hydroxylation is 1. The van der Waals surface area contributed by atoms with Gasteiger partial charge in [-0.05, 0) is 53.8 Å². The number of aromatic hydroxyl groups is 1. The van der Waals surface area contributed by atoms with E-state index >= 15 is 0 Å². The van der Waals surface area contributed by atoms with Crippen LogP contribution in [0.3, 0.4) is 0 Å². The normalized spacial score (nSPS) is 15.0. The van der Waals surface area contributed by atoms with Crippen molar-refractivity contribution in [1.82, 2.24) is 4.98 Å². The molecule has 1 aromatic heterocycles. The first-order valence-electron chi connectivity index (χ1n) is 9.05. The van der Waals surface area contributed by atoms with Crippen molar-refractivity contribution < 1.29 is 14.6 Å². The Morgan fingerprint density at radius 3 is 2.70 bits per heavy atom. The Hall–Kier alpha value is -3.14. The molecule has 1 unspecified atom stereocenters. The topological polar surface area (TPSA) is 59.4 Å². The molecule has 3 aromatic rings. The SMILES string of the molecule is CC(=O)OCC1Cc2c(-c3ccccn3)cccc2-c2c(O)ccc(C)c21. The first-order valence-corrected chi connectivity index (χ1v) is 9.05. The van der Waals surface area contributed by atoms with Gasteiger partial charge in [-0.2, -0.15) is 0 Å². The van der Waals surface area contributed by atoms with E-state index < -0.39 is 0 Å². The van der Waals surface area contributed by atoms with Gasteiger partial charge in [0.15, 0.2) is 0 Å². The standard InChI is InChI=1S/C23H21NO3/c1-14-9-10-21(26)23-18-7-5-6-17(20-8-3-4-11-24-20)19(18)12-16(22(14)23)13-27-15(2)25/h3-11,16,26H,12-13H2,1-2H3. The van der Waals surface area contributed by atoms with Gasteiger partial charge in [0.1, 0.15) is 5.75 Å². The van der Waals surface area contributed by atoms with Gasteiger partial charge in [0, 0.05) is 30.2 Å². The Morgan fingerprint density at radius 1 is 1.15 bits per heavy atom. The Morgan fingerprint density at radius 2 is 1.96 bits per heavy atom. The summed E-state index contributed by atoms with van der Waals surface area (Å²) in [5.74, 6) is -0.0472. The second-order valence-corrected chi connectivity index (χ2v) is 6.94. The lowest BCUT2D eigenvalue weighted by atomic mass is 9.75. The molecule has 0 radical (unpaired) electrons. The molecule has 136 valence electrons. The fourth-order valence-corrected chi connectivity index (χ4v) is 4.03. The average molecular weight is 359 g/mol. The predicted octanol–water partition coefficient (Wildman–Crippen LogP) is 4.63. The number of phenols is 1. The summed E-state index contributed by atoms with van der Waals surface area (Å²) in [6.45, 7) is 3.75. The highest BCUT2D eigenvalue weighted by atomic mass is 16.5. The van der Waals surface area contributed by atoms with Gasteiger partial charge in [-0.15, -0.1) is 0 Å². The molecule has 1 aliphatic carbocycles. The molecule has 1 atom stereocenters. The van der Waals surface area contributed by atoms with Crippen LogP contribution in [0.25, 0.3) is 22.4 Å². The number of carbonyl (C=O) groups excluding carboxylic acids is 1. The maximum atomic E-state index is 11.4. The Bertz CT molecular complexity index is 1010. The number of fused-ring (bicyclic) bond motifs is 3. The third kappa shape index (κ3) is 3.08. The van der Waals surface area contributed by atoms with Crippen LogP contribution in [0.1, 0.15) is 29.5 Å². The number of ether oxygens (including phenoxy) is 1. The number of hydrogen-bond acceptors (Lipinski definition) is 4. The molecule has 0 aliphatic heterocycles. The largest absolute Gasteiger partial charge is 0.507 e. The minimum atomic E-state index is -0.293. The number of phenolic OH excluding ortho intramolecular Hbond substituents is 1. The van der Waals surface area contributed by atoms with Crippen LogP contribution in [-0.2, 0) is 16.0 Å². The summed E-state index contributed by atoms with van der Waals surface area (Å²) in [5, 5.41) is 10.7. The first kappa shape index (κ1) is 17.3. The van der Waals surface area contributed by atoms with Crippen molar-refractivity contribution in [3.63, 3.8) is 0 Å². The van der Waals surface area contributed by atoms with E-state index in [-0.39, 0.29) is 17.6 Å². The third-order valence-corrected chi connectivity index (χ3v) is 5.17. The van der Waals surface area contributed by atoms with E-state index in [1.807, 2.05) is 43.3 Å². The van der Waals surface area contributed by atoms with Crippen molar-refractivity contribution in [1.29, 1.82) is 0 Å². The highest BCUT2D eigenvalue weighted by molar-refractivity contribution is 5.85. The summed E-state index contributed by atoms with van der Waals surface area (Å²) >= 11 is 0. The van der Waals surface area contributed by atoms with Gasteiger partial charge in [0.05, 0.1) is 12.3 Å². The highest BCUT2D eigenvalue weighted by Gasteiger charge is 2.31. The van der Waals surface area contributed by atoms with Crippen molar-refractivity contribution in [2.45, 2.75) is 26.2 Å². The zero-order valence-electron chi connectivity index (χ0n) is 15.4. The highest BCUT2D eigenvalue weighted by Crippen LogP contribution is 2.48. The van der Waals surface area contributed by atoms with Crippen LogP contribution in [0.2, 0.25) is 0 Å². The molecule has 0 bridgehead atoms. The number of pyridine rings is 1. The Labute approximate surface area is 158 Å². The van der Waals surface area contributed by atoms with E-state index in [1.54, 1.807) is 12.3 Å². The van der Waals surface area contributed by atoms with E-state index in [4.69, 9.17) is 4.74 Å². The van der Waals surface area contributed by atoms with Gasteiger partial charge >= 0.3 is 5.97 Å². The lowest BCUT2D eigenvalue weighted by molar-refractivity contribution is -0.141. The molecule has 0 fully saturated rings. The minimum absolute atomic E-state index is 0.00615. The van der Waals surface area contributed by atoms with Gasteiger partial charge in [-0.3, -0.25) is 9.78 Å². The number of esters is 1. The van der Waals surface area contributed by atoms with Crippen LogP contribution in [0.15, 0.2) is 54.7 Å².